The molecule has 9 heteroatoms. The number of aromatic nitrogens is 4. The summed E-state index contributed by atoms with van der Waals surface area (Å²) in [5.74, 6) is -0.432. The molecule has 0 aliphatic rings. The minimum atomic E-state index is -0.599. The molecule has 8 nitrogen and oxygen atoms in total. The molecule has 1 N–H and O–H groups in total. The van der Waals surface area contributed by atoms with E-state index < -0.39 is 17.2 Å². The number of anilines is 1. The van der Waals surface area contributed by atoms with Crippen LogP contribution in [0.1, 0.15) is 5.56 Å². The van der Waals surface area contributed by atoms with E-state index in [1.54, 1.807) is 60.9 Å². The Morgan fingerprint density at radius 2 is 1.80 bits per heavy atom. The van der Waals surface area contributed by atoms with Gasteiger partial charge in [0.15, 0.2) is 5.52 Å². The fraction of sp³-hybridized carbons (Fsp3) is 0.0952. The number of pyridine rings is 2. The SMILES string of the molecule is O=C(Cn1c(=O)n(Cc2ccncc2)c(=O)c2ncccc21)Nc1cccc(Cl)c1. The van der Waals surface area contributed by atoms with Crippen LogP contribution in [-0.2, 0) is 17.9 Å². The van der Waals surface area contributed by atoms with E-state index in [1.165, 1.54) is 10.8 Å². The monoisotopic (exact) mass is 421 g/mol. The van der Waals surface area contributed by atoms with Crippen LogP contribution < -0.4 is 16.6 Å². The van der Waals surface area contributed by atoms with Gasteiger partial charge in [-0.3, -0.25) is 23.7 Å². The van der Waals surface area contributed by atoms with Crippen LogP contribution in [0.15, 0.2) is 76.7 Å². The number of halogens is 1. The molecule has 4 rings (SSSR count). The maximum Gasteiger partial charge on any atom is 0.332 e. The van der Waals surface area contributed by atoms with Crippen molar-refractivity contribution in [1.82, 2.24) is 19.1 Å². The lowest BCUT2D eigenvalue weighted by Crippen LogP contribution is -2.42. The molecule has 1 amide bonds. The molecule has 0 unspecified atom stereocenters. The third kappa shape index (κ3) is 3.99. The number of carbonyl (C=O) groups is 1. The van der Waals surface area contributed by atoms with Crippen molar-refractivity contribution in [3.63, 3.8) is 0 Å². The van der Waals surface area contributed by atoms with E-state index in [0.29, 0.717) is 16.2 Å². The molecule has 1 aromatic carbocycles. The molecule has 0 spiro atoms. The van der Waals surface area contributed by atoms with Gasteiger partial charge >= 0.3 is 5.69 Å². The fourth-order valence-corrected chi connectivity index (χ4v) is 3.31. The normalized spacial score (nSPS) is 10.8. The summed E-state index contributed by atoms with van der Waals surface area (Å²) in [6.07, 6.45) is 4.63. The zero-order valence-electron chi connectivity index (χ0n) is 15.7. The van der Waals surface area contributed by atoms with Crippen LogP contribution in [-0.4, -0.2) is 25.0 Å². The van der Waals surface area contributed by atoms with E-state index in [4.69, 9.17) is 11.6 Å². The van der Waals surface area contributed by atoms with Crippen LogP contribution in [0.4, 0.5) is 5.69 Å². The smallest absolute Gasteiger partial charge is 0.324 e. The van der Waals surface area contributed by atoms with Crippen molar-refractivity contribution in [1.29, 1.82) is 0 Å². The Hall–Kier alpha value is -3.78. The lowest BCUT2D eigenvalue weighted by Gasteiger charge is -2.14. The Bertz CT molecular complexity index is 1350. The van der Waals surface area contributed by atoms with Gasteiger partial charge in [-0.15, -0.1) is 0 Å². The molecular weight excluding hydrogens is 406 g/mol. The number of rotatable bonds is 5. The summed E-state index contributed by atoms with van der Waals surface area (Å²) in [5.41, 5.74) is 0.529. The maximum atomic E-state index is 13.1. The molecule has 30 heavy (non-hydrogen) atoms. The molecule has 0 bridgehead atoms. The van der Waals surface area contributed by atoms with Gasteiger partial charge in [0.25, 0.3) is 5.56 Å². The topological polar surface area (TPSA) is 98.9 Å². The van der Waals surface area contributed by atoms with Crippen molar-refractivity contribution >= 4 is 34.2 Å². The van der Waals surface area contributed by atoms with Crippen molar-refractivity contribution in [3.8, 4) is 0 Å². The summed E-state index contributed by atoms with van der Waals surface area (Å²) in [5, 5.41) is 3.19. The zero-order valence-corrected chi connectivity index (χ0v) is 16.4. The molecule has 4 aromatic rings. The van der Waals surface area contributed by atoms with E-state index in [0.717, 1.165) is 10.1 Å². The molecule has 3 aromatic heterocycles. The van der Waals surface area contributed by atoms with Crippen molar-refractivity contribution in [2.24, 2.45) is 0 Å². The minimum absolute atomic E-state index is 0.0443. The van der Waals surface area contributed by atoms with E-state index in [-0.39, 0.29) is 18.6 Å². The molecule has 150 valence electrons. The highest BCUT2D eigenvalue weighted by Gasteiger charge is 2.16. The Morgan fingerprint density at radius 3 is 2.57 bits per heavy atom. The number of nitrogens with zero attached hydrogens (tertiary/aromatic N) is 4. The van der Waals surface area contributed by atoms with Crippen LogP contribution in [0.5, 0.6) is 0 Å². The average molecular weight is 422 g/mol. The first-order chi connectivity index (χ1) is 14.5. The van der Waals surface area contributed by atoms with Gasteiger partial charge in [-0.05, 0) is 48.0 Å². The highest BCUT2D eigenvalue weighted by Crippen LogP contribution is 2.15. The third-order valence-corrected chi connectivity index (χ3v) is 4.72. The van der Waals surface area contributed by atoms with Crippen LogP contribution in [0, 0.1) is 0 Å². The number of hydrogen-bond donors (Lipinski definition) is 1. The summed E-state index contributed by atoms with van der Waals surface area (Å²) in [6, 6.07) is 13.3. The molecule has 0 aliphatic carbocycles. The summed E-state index contributed by atoms with van der Waals surface area (Å²) >= 11 is 5.95. The van der Waals surface area contributed by atoms with Gasteiger partial charge in [0.05, 0.1) is 12.1 Å². The number of benzene rings is 1. The first-order valence-electron chi connectivity index (χ1n) is 9.05. The largest absolute Gasteiger partial charge is 0.332 e. The average Bonchev–Trinajstić information content (AvgIpc) is 2.75. The van der Waals surface area contributed by atoms with E-state index in [2.05, 4.69) is 15.3 Å². The minimum Gasteiger partial charge on any atom is -0.324 e. The van der Waals surface area contributed by atoms with Gasteiger partial charge in [-0.25, -0.2) is 9.78 Å². The summed E-state index contributed by atoms with van der Waals surface area (Å²) in [7, 11) is 0. The number of fused-ring (bicyclic) bond motifs is 1. The molecule has 0 fully saturated rings. The molecule has 0 aliphatic heterocycles. The van der Waals surface area contributed by atoms with Crippen molar-refractivity contribution in [2.75, 3.05) is 5.32 Å². The molecular formula is C21H16ClN5O3. The zero-order chi connectivity index (χ0) is 21.1. The first-order valence-corrected chi connectivity index (χ1v) is 9.43. The Morgan fingerprint density at radius 1 is 1.00 bits per heavy atom. The number of carbonyl (C=O) groups excluding carboxylic acids is 1. The van der Waals surface area contributed by atoms with Gasteiger partial charge in [0, 0.05) is 29.3 Å². The maximum absolute atomic E-state index is 13.1. The predicted octanol–water partition coefficient (Wildman–Crippen LogP) is 2.29. The van der Waals surface area contributed by atoms with Gasteiger partial charge in [0.1, 0.15) is 6.54 Å². The van der Waals surface area contributed by atoms with Gasteiger partial charge in [-0.1, -0.05) is 17.7 Å². The van der Waals surface area contributed by atoms with Gasteiger partial charge < -0.3 is 5.32 Å². The van der Waals surface area contributed by atoms with Gasteiger partial charge in [0.2, 0.25) is 5.91 Å². The predicted molar refractivity (Wildman–Crippen MR) is 114 cm³/mol. The Kier molecular flexibility index (Phi) is 5.40. The third-order valence-electron chi connectivity index (χ3n) is 4.49. The fourth-order valence-electron chi connectivity index (χ4n) is 3.12. The van der Waals surface area contributed by atoms with Crippen molar-refractivity contribution in [2.45, 2.75) is 13.1 Å². The van der Waals surface area contributed by atoms with Crippen molar-refractivity contribution in [3.05, 3.63) is 98.5 Å². The highest BCUT2D eigenvalue weighted by atomic mass is 35.5. The van der Waals surface area contributed by atoms with Crippen molar-refractivity contribution < 1.29 is 4.79 Å². The lowest BCUT2D eigenvalue weighted by atomic mass is 10.2. The second kappa shape index (κ2) is 8.30. The Balaban J connectivity index is 1.76. The molecule has 0 radical (unpaired) electrons. The van der Waals surface area contributed by atoms with Crippen LogP contribution in [0.3, 0.4) is 0 Å². The summed E-state index contributed by atoms with van der Waals surface area (Å²) in [4.78, 5) is 46.7. The summed E-state index contributed by atoms with van der Waals surface area (Å²) < 4.78 is 2.31. The highest BCUT2D eigenvalue weighted by molar-refractivity contribution is 6.30. The van der Waals surface area contributed by atoms with E-state index >= 15 is 0 Å². The van der Waals surface area contributed by atoms with E-state index in [9.17, 15) is 14.4 Å². The van der Waals surface area contributed by atoms with E-state index in [1.807, 2.05) is 0 Å². The van der Waals surface area contributed by atoms with Gasteiger partial charge in [-0.2, -0.15) is 0 Å². The molecule has 0 saturated carbocycles. The van der Waals surface area contributed by atoms with Crippen LogP contribution in [0.2, 0.25) is 5.02 Å². The standard InChI is InChI=1S/C21H16ClN5O3/c22-15-3-1-4-16(11-15)25-18(28)13-26-17-5-2-8-24-19(17)20(29)27(21(26)30)12-14-6-9-23-10-7-14/h1-11H,12-13H2,(H,25,28). The first kappa shape index (κ1) is 19.5. The van der Waals surface area contributed by atoms with Crippen LogP contribution in [0.25, 0.3) is 11.0 Å². The molecule has 0 atom stereocenters. The quantitative estimate of drug-likeness (QED) is 0.533. The second-order valence-electron chi connectivity index (χ2n) is 6.55. The van der Waals surface area contributed by atoms with Crippen LogP contribution >= 0.6 is 11.6 Å². The lowest BCUT2D eigenvalue weighted by molar-refractivity contribution is -0.116. The molecule has 3 heterocycles. The molecule has 0 saturated heterocycles. The number of nitrogens with one attached hydrogen (secondary N) is 1. The number of hydrogen-bond acceptors (Lipinski definition) is 5. The second-order valence-corrected chi connectivity index (χ2v) is 6.98. The summed E-state index contributed by atoms with van der Waals surface area (Å²) in [6.45, 7) is -0.243. The Labute approximate surface area is 175 Å². The number of amides is 1.